The van der Waals surface area contributed by atoms with Crippen LogP contribution in [0.2, 0.25) is 0 Å². The Balaban J connectivity index is 2.40. The topological polar surface area (TPSA) is 15.3 Å². The second kappa shape index (κ2) is 8.10. The largest absolute Gasteiger partial charge is 0.313 e. The van der Waals surface area contributed by atoms with Crippen molar-refractivity contribution in [1.82, 2.24) is 10.2 Å². The Morgan fingerprint density at radius 1 is 1.24 bits per heavy atom. The fourth-order valence-electron chi connectivity index (χ4n) is 2.97. The van der Waals surface area contributed by atoms with E-state index in [4.69, 9.17) is 0 Å². The van der Waals surface area contributed by atoms with Crippen molar-refractivity contribution in [3.63, 3.8) is 0 Å². The molecule has 2 heteroatoms. The van der Waals surface area contributed by atoms with Gasteiger partial charge in [0, 0.05) is 18.6 Å². The molecule has 2 atom stereocenters. The smallest absolute Gasteiger partial charge is 0.0195 e. The van der Waals surface area contributed by atoms with Gasteiger partial charge in [0.15, 0.2) is 0 Å². The molecule has 0 aromatic carbocycles. The molecule has 0 radical (unpaired) electrons. The minimum atomic E-state index is 0.735. The molecule has 2 nitrogen and oxygen atoms in total. The molecule has 1 heterocycles. The van der Waals surface area contributed by atoms with E-state index in [9.17, 15) is 0 Å². The van der Waals surface area contributed by atoms with Gasteiger partial charge in [-0.1, -0.05) is 27.2 Å². The number of nitrogens with one attached hydrogen (secondary N) is 1. The fraction of sp³-hybridized carbons (Fsp3) is 1.00. The Labute approximate surface area is 108 Å². The van der Waals surface area contributed by atoms with Crippen molar-refractivity contribution in [2.24, 2.45) is 5.92 Å². The fourth-order valence-corrected chi connectivity index (χ4v) is 2.97. The van der Waals surface area contributed by atoms with Crippen LogP contribution in [-0.4, -0.2) is 36.6 Å². The van der Waals surface area contributed by atoms with E-state index < -0.39 is 0 Å². The molecule has 0 saturated carbocycles. The highest BCUT2D eigenvalue weighted by Crippen LogP contribution is 2.15. The summed E-state index contributed by atoms with van der Waals surface area (Å²) in [6.07, 6.45) is 6.75. The molecule has 1 saturated heterocycles. The summed E-state index contributed by atoms with van der Waals surface area (Å²) < 4.78 is 0. The van der Waals surface area contributed by atoms with Crippen molar-refractivity contribution in [1.29, 1.82) is 0 Å². The molecule has 1 aliphatic heterocycles. The Bertz CT molecular complexity index is 185. The van der Waals surface area contributed by atoms with Gasteiger partial charge in [0.25, 0.3) is 0 Å². The van der Waals surface area contributed by atoms with Gasteiger partial charge in [-0.2, -0.15) is 0 Å². The number of piperidine rings is 1. The summed E-state index contributed by atoms with van der Waals surface area (Å²) in [7, 11) is 0. The van der Waals surface area contributed by atoms with E-state index in [0.29, 0.717) is 0 Å². The lowest BCUT2D eigenvalue weighted by Gasteiger charge is -2.35. The summed E-state index contributed by atoms with van der Waals surface area (Å²) >= 11 is 0. The Hall–Kier alpha value is -0.0800. The van der Waals surface area contributed by atoms with Gasteiger partial charge in [-0.25, -0.2) is 0 Å². The van der Waals surface area contributed by atoms with E-state index in [1.165, 1.54) is 51.7 Å². The lowest BCUT2D eigenvalue weighted by atomic mass is 10.0. The summed E-state index contributed by atoms with van der Waals surface area (Å²) in [6, 6.07) is 1.48. The van der Waals surface area contributed by atoms with Crippen LogP contribution >= 0.6 is 0 Å². The van der Waals surface area contributed by atoms with E-state index in [1.54, 1.807) is 0 Å². The van der Waals surface area contributed by atoms with Crippen molar-refractivity contribution in [2.75, 3.05) is 19.6 Å². The zero-order chi connectivity index (χ0) is 12.7. The molecular weight excluding hydrogens is 208 g/mol. The van der Waals surface area contributed by atoms with Gasteiger partial charge in [-0.15, -0.1) is 0 Å². The third-order valence-corrected chi connectivity index (χ3v) is 3.81. The first-order chi connectivity index (χ1) is 8.13. The van der Waals surface area contributed by atoms with Crippen molar-refractivity contribution >= 4 is 0 Å². The molecule has 1 rings (SSSR count). The van der Waals surface area contributed by atoms with Crippen molar-refractivity contribution < 1.29 is 0 Å². The van der Waals surface area contributed by atoms with Crippen molar-refractivity contribution in [3.05, 3.63) is 0 Å². The maximum Gasteiger partial charge on any atom is 0.0195 e. The molecule has 102 valence electrons. The van der Waals surface area contributed by atoms with Gasteiger partial charge in [-0.3, -0.25) is 4.90 Å². The molecular formula is C15H32N2. The second-order valence-corrected chi connectivity index (χ2v) is 6.12. The predicted octanol–water partition coefficient (Wildman–Crippen LogP) is 3.28. The normalized spacial score (nSPS) is 23.3. The maximum absolute atomic E-state index is 3.67. The zero-order valence-corrected chi connectivity index (χ0v) is 12.3. The standard InChI is InChI=1S/C15H32N2/c1-5-10-17(14(4)11-13(2)3)12-15-8-6-7-9-16-15/h13-16H,5-12H2,1-4H3. The first-order valence-corrected chi connectivity index (χ1v) is 7.61. The highest BCUT2D eigenvalue weighted by molar-refractivity contribution is 4.79. The zero-order valence-electron chi connectivity index (χ0n) is 12.3. The third kappa shape index (κ3) is 5.87. The van der Waals surface area contributed by atoms with E-state index in [0.717, 1.165) is 18.0 Å². The van der Waals surface area contributed by atoms with Crippen LogP contribution in [0.4, 0.5) is 0 Å². The second-order valence-electron chi connectivity index (χ2n) is 6.12. The van der Waals surface area contributed by atoms with Crippen LogP contribution in [0.25, 0.3) is 0 Å². The lowest BCUT2D eigenvalue weighted by molar-refractivity contribution is 0.158. The first kappa shape index (κ1) is 15.0. The Morgan fingerprint density at radius 2 is 2.00 bits per heavy atom. The molecule has 17 heavy (non-hydrogen) atoms. The molecule has 1 fully saturated rings. The molecule has 2 unspecified atom stereocenters. The van der Waals surface area contributed by atoms with Gasteiger partial charge in [0.05, 0.1) is 0 Å². The number of hydrogen-bond acceptors (Lipinski definition) is 2. The van der Waals surface area contributed by atoms with E-state index in [2.05, 4.69) is 37.9 Å². The lowest BCUT2D eigenvalue weighted by Crippen LogP contribution is -2.47. The maximum atomic E-state index is 3.67. The van der Waals surface area contributed by atoms with Gasteiger partial charge in [-0.05, 0) is 51.6 Å². The summed E-state index contributed by atoms with van der Waals surface area (Å²) in [5.41, 5.74) is 0. The van der Waals surface area contributed by atoms with Crippen LogP contribution < -0.4 is 5.32 Å². The third-order valence-electron chi connectivity index (χ3n) is 3.81. The average Bonchev–Trinajstić information content (AvgIpc) is 2.29. The number of rotatable bonds is 7. The molecule has 0 aromatic rings. The van der Waals surface area contributed by atoms with E-state index in [1.807, 2.05) is 0 Å². The van der Waals surface area contributed by atoms with Gasteiger partial charge < -0.3 is 5.32 Å². The first-order valence-electron chi connectivity index (χ1n) is 7.61. The molecule has 0 bridgehead atoms. The minimum Gasteiger partial charge on any atom is -0.313 e. The van der Waals surface area contributed by atoms with Crippen LogP contribution in [0, 0.1) is 5.92 Å². The summed E-state index contributed by atoms with van der Waals surface area (Å²) in [5.74, 6) is 0.809. The van der Waals surface area contributed by atoms with Gasteiger partial charge >= 0.3 is 0 Å². The van der Waals surface area contributed by atoms with Gasteiger partial charge in [0.1, 0.15) is 0 Å². The molecule has 0 spiro atoms. The van der Waals surface area contributed by atoms with Crippen LogP contribution in [0.3, 0.4) is 0 Å². The monoisotopic (exact) mass is 240 g/mol. The molecule has 0 aromatic heterocycles. The Morgan fingerprint density at radius 3 is 2.53 bits per heavy atom. The SMILES string of the molecule is CCCN(CC1CCCCN1)C(C)CC(C)C. The molecule has 0 amide bonds. The van der Waals surface area contributed by atoms with Crippen LogP contribution in [0.5, 0.6) is 0 Å². The van der Waals surface area contributed by atoms with Gasteiger partial charge in [0.2, 0.25) is 0 Å². The highest BCUT2D eigenvalue weighted by Gasteiger charge is 2.20. The van der Waals surface area contributed by atoms with Crippen molar-refractivity contribution in [3.8, 4) is 0 Å². The number of nitrogens with zero attached hydrogens (tertiary/aromatic N) is 1. The van der Waals surface area contributed by atoms with Crippen LogP contribution in [-0.2, 0) is 0 Å². The summed E-state index contributed by atoms with van der Waals surface area (Å²) in [4.78, 5) is 2.70. The Kier molecular flexibility index (Phi) is 7.14. The highest BCUT2D eigenvalue weighted by atomic mass is 15.2. The molecule has 0 aliphatic carbocycles. The van der Waals surface area contributed by atoms with Crippen LogP contribution in [0.15, 0.2) is 0 Å². The van der Waals surface area contributed by atoms with Crippen LogP contribution in [0.1, 0.15) is 59.8 Å². The predicted molar refractivity (Wildman–Crippen MR) is 76.4 cm³/mol. The minimum absolute atomic E-state index is 0.735. The summed E-state index contributed by atoms with van der Waals surface area (Å²) in [5, 5.41) is 3.67. The van der Waals surface area contributed by atoms with E-state index in [-0.39, 0.29) is 0 Å². The van der Waals surface area contributed by atoms with Crippen molar-refractivity contribution in [2.45, 2.75) is 71.9 Å². The average molecular weight is 240 g/mol. The van der Waals surface area contributed by atoms with E-state index >= 15 is 0 Å². The number of hydrogen-bond donors (Lipinski definition) is 1. The summed E-state index contributed by atoms with van der Waals surface area (Å²) in [6.45, 7) is 13.1. The molecule has 1 aliphatic rings. The molecule has 1 N–H and O–H groups in total. The quantitative estimate of drug-likeness (QED) is 0.735.